The SMILES string of the molecule is NCCC(Cc1cccc(Br)c1)C(=O)O. The zero-order valence-electron chi connectivity index (χ0n) is 8.32. The molecule has 0 aromatic heterocycles. The summed E-state index contributed by atoms with van der Waals surface area (Å²) >= 11 is 3.36. The predicted molar refractivity (Wildman–Crippen MR) is 62.6 cm³/mol. The number of carbonyl (C=O) groups is 1. The molecular formula is C11H14BrNO2. The second-order valence-electron chi connectivity index (χ2n) is 3.45. The van der Waals surface area contributed by atoms with Crippen LogP contribution in [-0.4, -0.2) is 17.6 Å². The van der Waals surface area contributed by atoms with Crippen LogP contribution < -0.4 is 5.73 Å². The molecule has 0 saturated carbocycles. The quantitative estimate of drug-likeness (QED) is 0.862. The highest BCUT2D eigenvalue weighted by Crippen LogP contribution is 2.16. The second kappa shape index (κ2) is 5.88. The van der Waals surface area contributed by atoms with Gasteiger partial charge in [-0.1, -0.05) is 28.1 Å². The molecule has 3 N–H and O–H groups in total. The van der Waals surface area contributed by atoms with E-state index in [1.807, 2.05) is 24.3 Å². The molecule has 3 nitrogen and oxygen atoms in total. The first-order chi connectivity index (χ1) is 7.13. The fourth-order valence-corrected chi connectivity index (χ4v) is 1.91. The van der Waals surface area contributed by atoms with Gasteiger partial charge in [0.25, 0.3) is 0 Å². The van der Waals surface area contributed by atoms with E-state index in [-0.39, 0.29) is 5.92 Å². The molecule has 0 aliphatic carbocycles. The van der Waals surface area contributed by atoms with Crippen molar-refractivity contribution in [1.82, 2.24) is 0 Å². The van der Waals surface area contributed by atoms with Crippen molar-refractivity contribution in [2.75, 3.05) is 6.54 Å². The third-order valence-corrected chi connectivity index (χ3v) is 2.73. The van der Waals surface area contributed by atoms with Crippen LogP contribution in [0.15, 0.2) is 28.7 Å². The van der Waals surface area contributed by atoms with Crippen LogP contribution in [0, 0.1) is 5.92 Å². The van der Waals surface area contributed by atoms with Crippen LogP contribution in [0.2, 0.25) is 0 Å². The first kappa shape index (κ1) is 12.2. The molecule has 1 atom stereocenters. The number of benzene rings is 1. The number of rotatable bonds is 5. The maximum Gasteiger partial charge on any atom is 0.306 e. The molecule has 0 bridgehead atoms. The predicted octanol–water partition coefficient (Wildman–Crippen LogP) is 2.04. The van der Waals surface area contributed by atoms with Crippen molar-refractivity contribution in [3.05, 3.63) is 34.3 Å². The molecule has 82 valence electrons. The lowest BCUT2D eigenvalue weighted by Gasteiger charge is -2.10. The summed E-state index contributed by atoms with van der Waals surface area (Å²) in [6.07, 6.45) is 1.05. The molecule has 1 aromatic carbocycles. The van der Waals surface area contributed by atoms with E-state index in [0.29, 0.717) is 19.4 Å². The second-order valence-corrected chi connectivity index (χ2v) is 4.36. The first-order valence-corrected chi connectivity index (χ1v) is 5.60. The van der Waals surface area contributed by atoms with E-state index in [1.165, 1.54) is 0 Å². The van der Waals surface area contributed by atoms with Crippen molar-refractivity contribution < 1.29 is 9.90 Å². The summed E-state index contributed by atoms with van der Waals surface area (Å²) in [4.78, 5) is 10.9. The minimum absolute atomic E-state index is 0.385. The summed E-state index contributed by atoms with van der Waals surface area (Å²) in [5, 5.41) is 8.97. The molecule has 0 heterocycles. The van der Waals surface area contributed by atoms with Gasteiger partial charge in [-0.05, 0) is 37.1 Å². The zero-order chi connectivity index (χ0) is 11.3. The Kier molecular flexibility index (Phi) is 4.78. The Morgan fingerprint density at radius 1 is 1.53 bits per heavy atom. The molecule has 4 heteroatoms. The lowest BCUT2D eigenvalue weighted by molar-refractivity contribution is -0.141. The van der Waals surface area contributed by atoms with E-state index in [9.17, 15) is 4.79 Å². The molecule has 0 aliphatic rings. The summed E-state index contributed by atoms with van der Waals surface area (Å²) in [5.74, 6) is -1.16. The van der Waals surface area contributed by atoms with E-state index in [2.05, 4.69) is 15.9 Å². The third kappa shape index (κ3) is 4.01. The Labute approximate surface area is 97.4 Å². The van der Waals surface area contributed by atoms with Gasteiger partial charge in [-0.3, -0.25) is 4.79 Å². The normalized spacial score (nSPS) is 12.4. The smallest absolute Gasteiger partial charge is 0.306 e. The van der Waals surface area contributed by atoms with Crippen LogP contribution >= 0.6 is 15.9 Å². The van der Waals surface area contributed by atoms with E-state index in [1.54, 1.807) is 0 Å². The minimum Gasteiger partial charge on any atom is -0.481 e. The summed E-state index contributed by atoms with van der Waals surface area (Å²) in [6, 6.07) is 7.69. The lowest BCUT2D eigenvalue weighted by Crippen LogP contribution is -2.20. The summed E-state index contributed by atoms with van der Waals surface area (Å²) in [6.45, 7) is 0.408. The molecule has 0 amide bonds. The minimum atomic E-state index is -0.777. The Bertz CT molecular complexity index is 341. The van der Waals surface area contributed by atoms with Gasteiger partial charge in [0.1, 0.15) is 0 Å². The first-order valence-electron chi connectivity index (χ1n) is 4.81. The Morgan fingerprint density at radius 3 is 2.80 bits per heavy atom. The fourth-order valence-electron chi connectivity index (χ4n) is 1.46. The molecule has 1 unspecified atom stereocenters. The average Bonchev–Trinajstić information content (AvgIpc) is 2.17. The molecule has 15 heavy (non-hydrogen) atoms. The van der Waals surface area contributed by atoms with Crippen molar-refractivity contribution in [3.63, 3.8) is 0 Å². The van der Waals surface area contributed by atoms with E-state index in [4.69, 9.17) is 10.8 Å². The average molecular weight is 272 g/mol. The van der Waals surface area contributed by atoms with Crippen LogP contribution in [0.25, 0.3) is 0 Å². The van der Waals surface area contributed by atoms with Crippen LogP contribution in [0.1, 0.15) is 12.0 Å². The standard InChI is InChI=1S/C11H14BrNO2/c12-10-3-1-2-8(7-10)6-9(4-5-13)11(14)15/h1-3,7,9H,4-6,13H2,(H,14,15). The highest BCUT2D eigenvalue weighted by Gasteiger charge is 2.16. The Balaban J connectivity index is 2.69. The number of aliphatic carboxylic acids is 1. The fraction of sp³-hybridized carbons (Fsp3) is 0.364. The molecule has 0 radical (unpaired) electrons. The van der Waals surface area contributed by atoms with Gasteiger partial charge in [0.15, 0.2) is 0 Å². The van der Waals surface area contributed by atoms with Crippen molar-refractivity contribution in [2.45, 2.75) is 12.8 Å². The third-order valence-electron chi connectivity index (χ3n) is 2.24. The summed E-state index contributed by atoms with van der Waals surface area (Å²) in [7, 11) is 0. The molecule has 0 aliphatic heterocycles. The molecule has 0 saturated heterocycles. The molecule has 1 rings (SSSR count). The summed E-state index contributed by atoms with van der Waals surface area (Å²) < 4.78 is 0.969. The van der Waals surface area contributed by atoms with Gasteiger partial charge in [-0.2, -0.15) is 0 Å². The molecule has 0 fully saturated rings. The van der Waals surface area contributed by atoms with E-state index >= 15 is 0 Å². The number of halogens is 1. The molecular weight excluding hydrogens is 258 g/mol. The Morgan fingerprint density at radius 2 is 2.27 bits per heavy atom. The number of carboxylic acids is 1. The summed E-state index contributed by atoms with van der Waals surface area (Å²) in [5.41, 5.74) is 6.40. The Hall–Kier alpha value is -0.870. The largest absolute Gasteiger partial charge is 0.481 e. The molecule has 1 aromatic rings. The maximum absolute atomic E-state index is 10.9. The van der Waals surface area contributed by atoms with Gasteiger partial charge in [0.2, 0.25) is 0 Å². The highest BCUT2D eigenvalue weighted by atomic mass is 79.9. The van der Waals surface area contributed by atoms with E-state index < -0.39 is 5.97 Å². The zero-order valence-corrected chi connectivity index (χ0v) is 9.90. The highest BCUT2D eigenvalue weighted by molar-refractivity contribution is 9.10. The topological polar surface area (TPSA) is 63.3 Å². The van der Waals surface area contributed by atoms with Crippen LogP contribution in [0.3, 0.4) is 0 Å². The van der Waals surface area contributed by atoms with Crippen molar-refractivity contribution >= 4 is 21.9 Å². The van der Waals surface area contributed by atoms with Crippen molar-refractivity contribution in [3.8, 4) is 0 Å². The van der Waals surface area contributed by atoms with Gasteiger partial charge in [0, 0.05) is 4.47 Å². The van der Waals surface area contributed by atoms with E-state index in [0.717, 1.165) is 10.0 Å². The van der Waals surface area contributed by atoms with Crippen LogP contribution in [-0.2, 0) is 11.2 Å². The lowest BCUT2D eigenvalue weighted by atomic mass is 9.96. The number of carboxylic acid groups (broad SMARTS) is 1. The van der Waals surface area contributed by atoms with Gasteiger partial charge in [-0.15, -0.1) is 0 Å². The number of nitrogens with two attached hydrogens (primary N) is 1. The van der Waals surface area contributed by atoms with Crippen LogP contribution in [0.4, 0.5) is 0 Å². The molecule has 0 spiro atoms. The maximum atomic E-state index is 10.9. The van der Waals surface area contributed by atoms with Crippen molar-refractivity contribution in [1.29, 1.82) is 0 Å². The number of hydrogen-bond donors (Lipinski definition) is 2. The van der Waals surface area contributed by atoms with Gasteiger partial charge < -0.3 is 10.8 Å². The van der Waals surface area contributed by atoms with Gasteiger partial charge in [-0.25, -0.2) is 0 Å². The number of hydrogen-bond acceptors (Lipinski definition) is 2. The monoisotopic (exact) mass is 271 g/mol. The van der Waals surface area contributed by atoms with Crippen LogP contribution in [0.5, 0.6) is 0 Å². The van der Waals surface area contributed by atoms with Gasteiger partial charge in [0.05, 0.1) is 5.92 Å². The van der Waals surface area contributed by atoms with Crippen molar-refractivity contribution in [2.24, 2.45) is 11.7 Å². The van der Waals surface area contributed by atoms with Gasteiger partial charge >= 0.3 is 5.97 Å².